The highest BCUT2D eigenvalue weighted by atomic mass is 16.5. The van der Waals surface area contributed by atoms with Crippen LogP contribution in [0.4, 0.5) is 5.69 Å². The van der Waals surface area contributed by atoms with Crippen molar-refractivity contribution in [2.45, 2.75) is 26.7 Å². The van der Waals surface area contributed by atoms with Crippen LogP contribution in [0.25, 0.3) is 0 Å². The third-order valence-corrected chi connectivity index (χ3v) is 3.50. The smallest absolute Gasteiger partial charge is 0.310 e. The van der Waals surface area contributed by atoms with Crippen LogP contribution in [-0.4, -0.2) is 25.7 Å². The largest absolute Gasteiger partial charge is 0.466 e. The molecule has 1 aromatic rings. The molecule has 3 nitrogen and oxygen atoms in total. The summed E-state index contributed by atoms with van der Waals surface area (Å²) in [6.07, 6.45) is 2.00. The number of ether oxygens (including phenoxy) is 1. The molecule has 3 heteroatoms. The molecule has 0 saturated carbocycles. The summed E-state index contributed by atoms with van der Waals surface area (Å²) in [5, 5.41) is 0. The van der Waals surface area contributed by atoms with Crippen LogP contribution in [-0.2, 0) is 9.53 Å². The number of carbonyl (C=O) groups excluding carboxylic acids is 1. The van der Waals surface area contributed by atoms with Gasteiger partial charge in [0.1, 0.15) is 0 Å². The fraction of sp³-hybridized carbons (Fsp3) is 0.533. The molecular weight excluding hydrogens is 226 g/mol. The average molecular weight is 247 g/mol. The zero-order chi connectivity index (χ0) is 13.0. The standard InChI is InChI=1S/C15H21NO2/c1-3-18-15(17)13-8-6-10-16(11-13)14-9-5-4-7-12(14)2/h4-5,7,9,13H,3,6,8,10-11H2,1-2H3. The van der Waals surface area contributed by atoms with Gasteiger partial charge in [-0.2, -0.15) is 0 Å². The minimum absolute atomic E-state index is 0.0262. The minimum Gasteiger partial charge on any atom is -0.466 e. The van der Waals surface area contributed by atoms with E-state index < -0.39 is 0 Å². The Bertz CT molecular complexity index is 417. The monoisotopic (exact) mass is 247 g/mol. The molecule has 98 valence electrons. The van der Waals surface area contributed by atoms with E-state index in [4.69, 9.17) is 4.74 Å². The van der Waals surface area contributed by atoms with Crippen LogP contribution in [0.5, 0.6) is 0 Å². The van der Waals surface area contributed by atoms with E-state index in [-0.39, 0.29) is 11.9 Å². The zero-order valence-electron chi connectivity index (χ0n) is 11.2. The lowest BCUT2D eigenvalue weighted by Gasteiger charge is -2.34. The van der Waals surface area contributed by atoms with Crippen LogP contribution in [0.3, 0.4) is 0 Å². The van der Waals surface area contributed by atoms with Crippen LogP contribution in [0.15, 0.2) is 24.3 Å². The van der Waals surface area contributed by atoms with Crippen LogP contribution in [0.1, 0.15) is 25.3 Å². The van der Waals surface area contributed by atoms with E-state index in [9.17, 15) is 4.79 Å². The number of carbonyl (C=O) groups is 1. The van der Waals surface area contributed by atoms with E-state index >= 15 is 0 Å². The molecule has 1 saturated heterocycles. The van der Waals surface area contributed by atoms with E-state index in [1.165, 1.54) is 11.3 Å². The minimum atomic E-state index is -0.0456. The molecule has 0 spiro atoms. The van der Waals surface area contributed by atoms with Gasteiger partial charge in [0.25, 0.3) is 0 Å². The second-order valence-electron chi connectivity index (χ2n) is 4.82. The van der Waals surface area contributed by atoms with Gasteiger partial charge in [0, 0.05) is 18.8 Å². The lowest BCUT2D eigenvalue weighted by Crippen LogP contribution is -2.39. The summed E-state index contributed by atoms with van der Waals surface area (Å²) in [5.74, 6) is -0.0194. The first-order valence-electron chi connectivity index (χ1n) is 6.69. The Hall–Kier alpha value is -1.51. The Labute approximate surface area is 109 Å². The molecule has 0 N–H and O–H groups in total. The summed E-state index contributed by atoms with van der Waals surface area (Å²) < 4.78 is 5.13. The Morgan fingerprint density at radius 2 is 2.22 bits per heavy atom. The molecule has 18 heavy (non-hydrogen) atoms. The molecule has 0 amide bonds. The number of aryl methyl sites for hydroxylation is 1. The maximum absolute atomic E-state index is 11.8. The highest BCUT2D eigenvalue weighted by Gasteiger charge is 2.27. The predicted octanol–water partition coefficient (Wildman–Crippen LogP) is 2.77. The Kier molecular flexibility index (Phi) is 4.24. The highest BCUT2D eigenvalue weighted by Crippen LogP contribution is 2.26. The summed E-state index contributed by atoms with van der Waals surface area (Å²) in [6.45, 7) is 6.26. The number of esters is 1. The summed E-state index contributed by atoms with van der Waals surface area (Å²) in [5.41, 5.74) is 2.51. The summed E-state index contributed by atoms with van der Waals surface area (Å²) in [7, 11) is 0. The third kappa shape index (κ3) is 2.84. The van der Waals surface area contributed by atoms with E-state index in [1.54, 1.807) is 0 Å². The number of para-hydroxylation sites is 1. The van der Waals surface area contributed by atoms with Gasteiger partial charge in [-0.15, -0.1) is 0 Å². The number of hydrogen-bond donors (Lipinski definition) is 0. The van der Waals surface area contributed by atoms with Crippen LogP contribution < -0.4 is 4.90 Å². The van der Waals surface area contributed by atoms with Crippen molar-refractivity contribution in [3.05, 3.63) is 29.8 Å². The number of anilines is 1. The Balaban J connectivity index is 2.07. The molecule has 1 aliphatic heterocycles. The van der Waals surface area contributed by atoms with Gasteiger partial charge in [-0.1, -0.05) is 18.2 Å². The SMILES string of the molecule is CCOC(=O)C1CCCN(c2ccccc2C)C1. The van der Waals surface area contributed by atoms with Crippen molar-refractivity contribution in [3.8, 4) is 0 Å². The first-order valence-corrected chi connectivity index (χ1v) is 6.69. The molecule has 1 heterocycles. The second-order valence-corrected chi connectivity index (χ2v) is 4.82. The molecule has 1 aliphatic rings. The van der Waals surface area contributed by atoms with E-state index in [2.05, 4.69) is 30.0 Å². The Morgan fingerprint density at radius 1 is 1.44 bits per heavy atom. The van der Waals surface area contributed by atoms with Gasteiger partial charge in [-0.05, 0) is 38.3 Å². The number of benzene rings is 1. The van der Waals surface area contributed by atoms with E-state index in [0.29, 0.717) is 6.61 Å². The van der Waals surface area contributed by atoms with Crippen molar-refractivity contribution in [3.63, 3.8) is 0 Å². The lowest BCUT2D eigenvalue weighted by molar-refractivity contribution is -0.148. The number of piperidine rings is 1. The van der Waals surface area contributed by atoms with E-state index in [0.717, 1.165) is 25.9 Å². The number of hydrogen-bond acceptors (Lipinski definition) is 3. The van der Waals surface area contributed by atoms with Crippen LogP contribution in [0.2, 0.25) is 0 Å². The van der Waals surface area contributed by atoms with Crippen molar-refractivity contribution < 1.29 is 9.53 Å². The normalized spacial score (nSPS) is 19.7. The van der Waals surface area contributed by atoms with Crippen molar-refractivity contribution in [1.29, 1.82) is 0 Å². The van der Waals surface area contributed by atoms with E-state index in [1.807, 2.05) is 13.0 Å². The molecule has 1 aromatic carbocycles. The van der Waals surface area contributed by atoms with Crippen molar-refractivity contribution in [2.24, 2.45) is 5.92 Å². The van der Waals surface area contributed by atoms with Crippen molar-refractivity contribution >= 4 is 11.7 Å². The molecule has 1 unspecified atom stereocenters. The van der Waals surface area contributed by atoms with Gasteiger partial charge in [-0.25, -0.2) is 0 Å². The molecule has 0 radical (unpaired) electrons. The first kappa shape index (κ1) is 12.9. The quantitative estimate of drug-likeness (QED) is 0.769. The molecular formula is C15H21NO2. The van der Waals surface area contributed by atoms with Gasteiger partial charge in [0.05, 0.1) is 12.5 Å². The van der Waals surface area contributed by atoms with Gasteiger partial charge >= 0.3 is 5.97 Å². The summed E-state index contributed by atoms with van der Waals surface area (Å²) in [6, 6.07) is 8.34. The lowest BCUT2D eigenvalue weighted by atomic mass is 9.97. The molecule has 0 bridgehead atoms. The summed E-state index contributed by atoms with van der Waals surface area (Å²) in [4.78, 5) is 14.1. The average Bonchev–Trinajstić information content (AvgIpc) is 2.40. The van der Waals surface area contributed by atoms with Gasteiger partial charge in [0.2, 0.25) is 0 Å². The maximum atomic E-state index is 11.8. The zero-order valence-corrected chi connectivity index (χ0v) is 11.2. The predicted molar refractivity (Wildman–Crippen MR) is 72.7 cm³/mol. The topological polar surface area (TPSA) is 29.5 Å². The molecule has 0 aromatic heterocycles. The molecule has 0 aliphatic carbocycles. The van der Waals surface area contributed by atoms with Gasteiger partial charge < -0.3 is 9.64 Å². The van der Waals surface area contributed by atoms with Gasteiger partial charge in [0.15, 0.2) is 0 Å². The van der Waals surface area contributed by atoms with Crippen LogP contribution in [0, 0.1) is 12.8 Å². The molecule has 1 fully saturated rings. The van der Waals surface area contributed by atoms with Crippen molar-refractivity contribution in [2.75, 3.05) is 24.6 Å². The first-order chi connectivity index (χ1) is 8.72. The fourth-order valence-corrected chi connectivity index (χ4v) is 2.57. The second kappa shape index (κ2) is 5.89. The number of nitrogens with zero attached hydrogens (tertiary/aromatic N) is 1. The van der Waals surface area contributed by atoms with Gasteiger partial charge in [-0.3, -0.25) is 4.79 Å². The summed E-state index contributed by atoms with van der Waals surface area (Å²) >= 11 is 0. The molecule has 2 rings (SSSR count). The number of rotatable bonds is 3. The van der Waals surface area contributed by atoms with Crippen molar-refractivity contribution in [1.82, 2.24) is 0 Å². The molecule has 1 atom stereocenters. The highest BCUT2D eigenvalue weighted by molar-refractivity contribution is 5.73. The Morgan fingerprint density at radius 3 is 2.94 bits per heavy atom. The maximum Gasteiger partial charge on any atom is 0.310 e. The third-order valence-electron chi connectivity index (χ3n) is 3.50. The van der Waals surface area contributed by atoms with Crippen LogP contribution >= 0.6 is 0 Å². The fourth-order valence-electron chi connectivity index (χ4n) is 2.57.